The zero-order valence-corrected chi connectivity index (χ0v) is 14.0. The van der Waals surface area contributed by atoms with Crippen LogP contribution >= 0.6 is 15.9 Å². The van der Waals surface area contributed by atoms with E-state index < -0.39 is 0 Å². The molecule has 1 aromatic carbocycles. The third kappa shape index (κ3) is 6.55. The van der Waals surface area contributed by atoms with Gasteiger partial charge in [-0.25, -0.2) is 0 Å². The summed E-state index contributed by atoms with van der Waals surface area (Å²) in [6.07, 6.45) is 3.73. The first-order valence-electron chi connectivity index (χ1n) is 7.34. The van der Waals surface area contributed by atoms with E-state index in [9.17, 15) is 0 Å². The molecule has 0 spiro atoms. The number of hydrogen-bond donors (Lipinski definition) is 1. The van der Waals surface area contributed by atoms with Crippen molar-refractivity contribution in [1.29, 1.82) is 0 Å². The summed E-state index contributed by atoms with van der Waals surface area (Å²) < 4.78 is 1.14. The Hall–Kier alpha value is -0.380. The fourth-order valence-corrected chi connectivity index (χ4v) is 2.48. The van der Waals surface area contributed by atoms with Crippen molar-refractivity contribution < 1.29 is 0 Å². The molecule has 1 aromatic rings. The Morgan fingerprint density at radius 2 is 1.84 bits per heavy atom. The van der Waals surface area contributed by atoms with Gasteiger partial charge >= 0.3 is 0 Å². The van der Waals surface area contributed by atoms with Crippen molar-refractivity contribution in [1.82, 2.24) is 10.2 Å². The van der Waals surface area contributed by atoms with Crippen molar-refractivity contribution in [2.75, 3.05) is 26.7 Å². The van der Waals surface area contributed by atoms with E-state index >= 15 is 0 Å². The molecule has 0 radical (unpaired) electrons. The van der Waals surface area contributed by atoms with E-state index in [2.05, 4.69) is 71.3 Å². The van der Waals surface area contributed by atoms with Gasteiger partial charge in [-0.05, 0) is 57.2 Å². The fraction of sp³-hybridized carbons (Fsp3) is 0.625. The third-order valence-corrected chi connectivity index (χ3v) is 3.94. The number of hydrogen-bond acceptors (Lipinski definition) is 2. The van der Waals surface area contributed by atoms with Gasteiger partial charge in [0.05, 0.1) is 0 Å². The van der Waals surface area contributed by atoms with Gasteiger partial charge in [0, 0.05) is 10.5 Å². The Balaban J connectivity index is 2.50. The van der Waals surface area contributed by atoms with Crippen LogP contribution in [-0.4, -0.2) is 31.6 Å². The van der Waals surface area contributed by atoms with E-state index in [0.717, 1.165) is 24.0 Å². The lowest BCUT2D eigenvalue weighted by molar-refractivity contribution is 0.303. The van der Waals surface area contributed by atoms with Crippen LogP contribution in [0.5, 0.6) is 0 Å². The maximum Gasteiger partial charge on any atom is 0.0332 e. The Morgan fingerprint density at radius 1 is 1.16 bits per heavy atom. The third-order valence-electron chi connectivity index (χ3n) is 3.42. The van der Waals surface area contributed by atoms with Crippen molar-refractivity contribution in [3.05, 3.63) is 34.3 Å². The maximum absolute atomic E-state index is 3.59. The Morgan fingerprint density at radius 3 is 2.42 bits per heavy atom. The van der Waals surface area contributed by atoms with Crippen LogP contribution in [-0.2, 0) is 0 Å². The van der Waals surface area contributed by atoms with Crippen LogP contribution in [0.3, 0.4) is 0 Å². The minimum absolute atomic E-state index is 0.460. The quantitative estimate of drug-likeness (QED) is 0.730. The average molecular weight is 327 g/mol. The summed E-state index contributed by atoms with van der Waals surface area (Å²) in [6, 6.07) is 9.13. The molecule has 0 saturated carbocycles. The lowest BCUT2D eigenvalue weighted by atomic mass is 10.0. The second kappa shape index (κ2) is 9.51. The number of halogens is 1. The first-order valence-corrected chi connectivity index (χ1v) is 8.14. The van der Waals surface area contributed by atoms with Gasteiger partial charge in [0.15, 0.2) is 0 Å². The summed E-state index contributed by atoms with van der Waals surface area (Å²) in [5, 5.41) is 3.59. The maximum atomic E-state index is 3.59. The molecule has 0 heterocycles. The second-order valence-electron chi connectivity index (χ2n) is 5.11. The van der Waals surface area contributed by atoms with Gasteiger partial charge in [0.2, 0.25) is 0 Å². The topological polar surface area (TPSA) is 15.3 Å². The smallest absolute Gasteiger partial charge is 0.0332 e. The fourth-order valence-electron chi connectivity index (χ4n) is 2.22. The summed E-state index contributed by atoms with van der Waals surface area (Å²) in [5.74, 6) is 0. The molecule has 1 atom stereocenters. The van der Waals surface area contributed by atoms with Crippen LogP contribution in [0.1, 0.15) is 44.7 Å². The summed E-state index contributed by atoms with van der Waals surface area (Å²) in [4.78, 5) is 2.44. The highest BCUT2D eigenvalue weighted by Gasteiger charge is 2.11. The molecule has 0 aliphatic rings. The van der Waals surface area contributed by atoms with Crippen molar-refractivity contribution in [3.63, 3.8) is 0 Å². The van der Waals surface area contributed by atoms with Gasteiger partial charge in [-0.3, -0.25) is 0 Å². The highest BCUT2D eigenvalue weighted by atomic mass is 79.9. The Bertz CT molecular complexity index is 337. The van der Waals surface area contributed by atoms with Gasteiger partial charge in [-0.15, -0.1) is 0 Å². The zero-order valence-electron chi connectivity index (χ0n) is 12.5. The van der Waals surface area contributed by atoms with Crippen LogP contribution < -0.4 is 5.32 Å². The van der Waals surface area contributed by atoms with Crippen LogP contribution in [0.15, 0.2) is 28.7 Å². The van der Waals surface area contributed by atoms with E-state index in [1.54, 1.807) is 0 Å². The van der Waals surface area contributed by atoms with Crippen molar-refractivity contribution in [3.8, 4) is 0 Å². The lowest BCUT2D eigenvalue weighted by Crippen LogP contribution is -2.27. The molecule has 2 nitrogen and oxygen atoms in total. The van der Waals surface area contributed by atoms with Gasteiger partial charge in [-0.2, -0.15) is 0 Å². The molecular formula is C16H27BrN2. The molecule has 0 aliphatic heterocycles. The van der Waals surface area contributed by atoms with Gasteiger partial charge in [0.25, 0.3) is 0 Å². The average Bonchev–Trinajstić information content (AvgIpc) is 2.42. The molecule has 0 saturated heterocycles. The molecule has 0 bridgehead atoms. The van der Waals surface area contributed by atoms with Gasteiger partial charge < -0.3 is 10.2 Å². The lowest BCUT2D eigenvalue weighted by Gasteiger charge is -2.22. The molecule has 0 aliphatic carbocycles. The van der Waals surface area contributed by atoms with Crippen LogP contribution in [0.2, 0.25) is 0 Å². The zero-order chi connectivity index (χ0) is 14.1. The molecule has 1 unspecified atom stereocenters. The largest absolute Gasteiger partial charge is 0.310 e. The molecule has 19 heavy (non-hydrogen) atoms. The molecule has 0 fully saturated rings. The number of unbranched alkanes of at least 4 members (excludes halogenated alkanes) is 1. The molecule has 108 valence electrons. The number of benzene rings is 1. The standard InChI is InChI=1S/C16H27BrN2/c1-4-6-12-19(3)13-11-16(18-5-2)14-7-9-15(17)10-8-14/h7-10,16,18H,4-6,11-13H2,1-3H3. The Kier molecular flexibility index (Phi) is 8.35. The summed E-state index contributed by atoms with van der Waals surface area (Å²) in [5.41, 5.74) is 1.38. The van der Waals surface area contributed by atoms with E-state index in [0.29, 0.717) is 6.04 Å². The van der Waals surface area contributed by atoms with Gasteiger partial charge in [-0.1, -0.05) is 48.3 Å². The molecule has 1 rings (SSSR count). The van der Waals surface area contributed by atoms with Gasteiger partial charge in [0.1, 0.15) is 0 Å². The SMILES string of the molecule is CCCCN(C)CCC(NCC)c1ccc(Br)cc1. The molecule has 3 heteroatoms. The summed E-state index contributed by atoms with van der Waals surface area (Å²) in [6.45, 7) is 7.78. The van der Waals surface area contributed by atoms with E-state index in [4.69, 9.17) is 0 Å². The Labute approximate surface area is 126 Å². The summed E-state index contributed by atoms with van der Waals surface area (Å²) >= 11 is 3.50. The molecular weight excluding hydrogens is 300 g/mol. The van der Waals surface area contributed by atoms with Crippen LogP contribution in [0, 0.1) is 0 Å². The predicted molar refractivity (Wildman–Crippen MR) is 87.6 cm³/mol. The minimum atomic E-state index is 0.460. The van der Waals surface area contributed by atoms with Crippen molar-refractivity contribution in [2.24, 2.45) is 0 Å². The normalized spacial score (nSPS) is 12.9. The molecule has 0 aromatic heterocycles. The first kappa shape index (κ1) is 16.7. The number of nitrogens with zero attached hydrogens (tertiary/aromatic N) is 1. The van der Waals surface area contributed by atoms with Crippen molar-refractivity contribution >= 4 is 15.9 Å². The van der Waals surface area contributed by atoms with Crippen molar-refractivity contribution in [2.45, 2.75) is 39.2 Å². The molecule has 0 amide bonds. The second-order valence-corrected chi connectivity index (χ2v) is 6.02. The predicted octanol–water partition coefficient (Wildman–Crippen LogP) is 4.22. The van der Waals surface area contributed by atoms with Crippen LogP contribution in [0.25, 0.3) is 0 Å². The number of nitrogens with one attached hydrogen (secondary N) is 1. The van der Waals surface area contributed by atoms with Crippen LogP contribution in [0.4, 0.5) is 0 Å². The van der Waals surface area contributed by atoms with E-state index in [1.807, 2.05) is 0 Å². The first-order chi connectivity index (χ1) is 9.17. The highest BCUT2D eigenvalue weighted by Crippen LogP contribution is 2.20. The number of rotatable bonds is 9. The monoisotopic (exact) mass is 326 g/mol. The van der Waals surface area contributed by atoms with E-state index in [1.165, 1.54) is 24.9 Å². The molecule has 1 N–H and O–H groups in total. The minimum Gasteiger partial charge on any atom is -0.310 e. The highest BCUT2D eigenvalue weighted by molar-refractivity contribution is 9.10. The summed E-state index contributed by atoms with van der Waals surface area (Å²) in [7, 11) is 2.22. The van der Waals surface area contributed by atoms with E-state index in [-0.39, 0.29) is 0 Å².